The Hall–Kier alpha value is -2.81. The second kappa shape index (κ2) is 7.22. The summed E-state index contributed by atoms with van der Waals surface area (Å²) in [5.41, 5.74) is -0.219. The summed E-state index contributed by atoms with van der Waals surface area (Å²) in [6.45, 7) is 4.32. The molecule has 156 valence electrons. The molecule has 3 unspecified atom stereocenters. The predicted molar refractivity (Wildman–Crippen MR) is 94.5 cm³/mol. The van der Waals surface area contributed by atoms with Crippen LogP contribution < -0.4 is 10.4 Å². The van der Waals surface area contributed by atoms with Crippen LogP contribution in [-0.2, 0) is 9.53 Å². The first kappa shape index (κ1) is 20.9. The van der Waals surface area contributed by atoms with Gasteiger partial charge in [-0.1, -0.05) is 29.8 Å². The monoisotopic (exact) mass is 412 g/mol. The molecule has 6 nitrogen and oxygen atoms in total. The van der Waals surface area contributed by atoms with Crippen molar-refractivity contribution in [1.82, 2.24) is 0 Å². The van der Waals surface area contributed by atoms with E-state index < -0.39 is 41.1 Å². The third-order valence-electron chi connectivity index (χ3n) is 4.79. The van der Waals surface area contributed by atoms with Crippen LogP contribution in [0.25, 0.3) is 0 Å². The smallest absolute Gasteiger partial charge is 0.456 e. The molecule has 2 heterocycles. The van der Waals surface area contributed by atoms with Gasteiger partial charge in [-0.2, -0.15) is 13.2 Å². The van der Waals surface area contributed by atoms with Crippen LogP contribution in [0.2, 0.25) is 0 Å². The van der Waals surface area contributed by atoms with Gasteiger partial charge in [-0.05, 0) is 26.3 Å². The molecule has 1 aliphatic rings. The number of esters is 1. The van der Waals surface area contributed by atoms with Crippen LogP contribution in [0.4, 0.5) is 13.2 Å². The first-order valence-electron chi connectivity index (χ1n) is 8.85. The van der Waals surface area contributed by atoms with Crippen molar-refractivity contribution in [2.24, 2.45) is 5.92 Å². The van der Waals surface area contributed by atoms with Gasteiger partial charge in [-0.25, -0.2) is 4.79 Å². The van der Waals surface area contributed by atoms with Crippen LogP contribution in [0, 0.1) is 19.8 Å². The number of aryl methyl sites for hydroxylation is 2. The van der Waals surface area contributed by atoms with Crippen molar-refractivity contribution in [1.29, 1.82) is 0 Å². The quantitative estimate of drug-likeness (QED) is 0.780. The van der Waals surface area contributed by atoms with Gasteiger partial charge in [-0.15, -0.1) is 0 Å². The molecule has 29 heavy (non-hydrogen) atoms. The summed E-state index contributed by atoms with van der Waals surface area (Å²) in [5.74, 6) is -9.52. The lowest BCUT2D eigenvalue weighted by Crippen LogP contribution is -2.62. The van der Waals surface area contributed by atoms with E-state index in [0.717, 1.165) is 11.6 Å². The molecule has 0 spiro atoms. The van der Waals surface area contributed by atoms with Gasteiger partial charge in [-0.3, -0.25) is 4.79 Å². The number of carbonyl (C=O) groups is 1. The summed E-state index contributed by atoms with van der Waals surface area (Å²) in [6, 6.07) is 7.29. The van der Waals surface area contributed by atoms with Crippen molar-refractivity contribution < 1.29 is 37.0 Å². The van der Waals surface area contributed by atoms with Crippen molar-refractivity contribution in [3.63, 3.8) is 0 Å². The van der Waals surface area contributed by atoms with Crippen molar-refractivity contribution >= 4 is 5.97 Å². The van der Waals surface area contributed by atoms with E-state index in [9.17, 15) is 27.9 Å². The zero-order valence-electron chi connectivity index (χ0n) is 15.9. The Labute approximate surface area is 163 Å². The summed E-state index contributed by atoms with van der Waals surface area (Å²) in [7, 11) is 0. The number of alkyl halides is 3. The molecule has 3 rings (SSSR count). The minimum atomic E-state index is -5.35. The summed E-state index contributed by atoms with van der Waals surface area (Å²) in [4.78, 5) is 25.2. The Morgan fingerprint density at radius 1 is 1.24 bits per heavy atom. The van der Waals surface area contributed by atoms with Gasteiger partial charge in [0.25, 0.3) is 0 Å². The van der Waals surface area contributed by atoms with E-state index >= 15 is 0 Å². The molecule has 2 aromatic rings. The zero-order chi connectivity index (χ0) is 21.6. The summed E-state index contributed by atoms with van der Waals surface area (Å²) >= 11 is 0. The zero-order valence-corrected chi connectivity index (χ0v) is 15.9. The predicted octanol–water partition coefficient (Wildman–Crippen LogP) is 3.21. The maximum atomic E-state index is 13.9. The molecule has 0 saturated heterocycles. The van der Waals surface area contributed by atoms with Crippen molar-refractivity contribution in [3.8, 4) is 5.75 Å². The second-order valence-electron chi connectivity index (χ2n) is 6.84. The molecule has 0 saturated carbocycles. The Kier molecular flexibility index (Phi) is 5.20. The third-order valence-corrected chi connectivity index (χ3v) is 4.79. The fraction of sp³-hybridized carbons (Fsp3) is 0.400. The highest BCUT2D eigenvalue weighted by Crippen LogP contribution is 2.52. The van der Waals surface area contributed by atoms with Crippen LogP contribution in [0.3, 0.4) is 0 Å². The number of hydrogen-bond acceptors (Lipinski definition) is 6. The third kappa shape index (κ3) is 3.50. The molecule has 9 heteroatoms. The SMILES string of the molecule is CCOC(=O)C1C(c2ccc(C)cc2)c2c(cc(C)oc2=O)OC1(O)C(F)(F)F. The fourth-order valence-corrected chi connectivity index (χ4v) is 3.48. The molecule has 1 N–H and O–H groups in total. The van der Waals surface area contributed by atoms with Crippen LogP contribution in [0.15, 0.2) is 39.5 Å². The first-order valence-corrected chi connectivity index (χ1v) is 8.85. The normalized spacial score (nSPS) is 23.8. The van der Waals surface area contributed by atoms with Gasteiger partial charge in [0.15, 0.2) is 0 Å². The van der Waals surface area contributed by atoms with Gasteiger partial charge in [0, 0.05) is 12.0 Å². The topological polar surface area (TPSA) is 86.0 Å². The number of hydrogen-bond donors (Lipinski definition) is 1. The van der Waals surface area contributed by atoms with Gasteiger partial charge in [0.2, 0.25) is 0 Å². The standard InChI is InChI=1S/C20H19F3O6/c1-4-27-18(25)16-14(12-7-5-10(2)6-8-12)15-13(9-11(3)28-17(15)24)29-19(16,26)20(21,22)23/h5-9,14,16,26H,4H2,1-3H3. The number of benzene rings is 1. The molecular weight excluding hydrogens is 393 g/mol. The first-order chi connectivity index (χ1) is 13.5. The Morgan fingerprint density at radius 2 is 1.86 bits per heavy atom. The number of carbonyl (C=O) groups excluding carboxylic acids is 1. The van der Waals surface area contributed by atoms with Crippen molar-refractivity contribution in [2.75, 3.05) is 6.61 Å². The van der Waals surface area contributed by atoms with Gasteiger partial charge in [0.05, 0.1) is 12.2 Å². The van der Waals surface area contributed by atoms with Crippen molar-refractivity contribution in [2.45, 2.75) is 38.7 Å². The van der Waals surface area contributed by atoms with Crippen molar-refractivity contribution in [3.05, 3.63) is 63.2 Å². The van der Waals surface area contributed by atoms with E-state index in [1.54, 1.807) is 19.1 Å². The lowest BCUT2D eigenvalue weighted by Gasteiger charge is -2.43. The number of fused-ring (bicyclic) bond motifs is 1. The van der Waals surface area contributed by atoms with Crippen LogP contribution in [-0.4, -0.2) is 29.6 Å². The number of rotatable bonds is 3. The molecule has 0 radical (unpaired) electrons. The molecule has 0 bridgehead atoms. The minimum absolute atomic E-state index is 0.00415. The average molecular weight is 412 g/mol. The Morgan fingerprint density at radius 3 is 2.41 bits per heavy atom. The molecule has 0 aliphatic carbocycles. The number of ether oxygens (including phenoxy) is 2. The summed E-state index contributed by atoms with van der Waals surface area (Å²) in [6.07, 6.45) is -5.35. The number of aliphatic hydroxyl groups is 1. The van der Waals surface area contributed by atoms with Gasteiger partial charge < -0.3 is 19.0 Å². The average Bonchev–Trinajstić information content (AvgIpc) is 2.60. The lowest BCUT2D eigenvalue weighted by molar-refractivity contribution is -0.359. The van der Waals surface area contributed by atoms with Crippen LogP contribution in [0.1, 0.15) is 35.3 Å². The van der Waals surface area contributed by atoms with E-state index in [4.69, 9.17) is 13.9 Å². The van der Waals surface area contributed by atoms with Crippen LogP contribution >= 0.6 is 0 Å². The number of halogens is 3. The largest absolute Gasteiger partial charge is 0.466 e. The van der Waals surface area contributed by atoms with E-state index in [2.05, 4.69) is 0 Å². The maximum absolute atomic E-state index is 13.9. The van der Waals surface area contributed by atoms with E-state index in [0.29, 0.717) is 0 Å². The fourth-order valence-electron chi connectivity index (χ4n) is 3.48. The molecule has 3 atom stereocenters. The van der Waals surface area contributed by atoms with E-state index in [-0.39, 0.29) is 23.5 Å². The molecule has 0 fully saturated rings. The van der Waals surface area contributed by atoms with E-state index in [1.165, 1.54) is 26.0 Å². The highest BCUT2D eigenvalue weighted by Gasteiger charge is 2.69. The molecule has 1 aliphatic heterocycles. The Bertz CT molecular complexity index is 979. The highest BCUT2D eigenvalue weighted by atomic mass is 19.4. The van der Waals surface area contributed by atoms with Crippen LogP contribution in [0.5, 0.6) is 5.75 Å². The Balaban J connectivity index is 2.36. The lowest BCUT2D eigenvalue weighted by atomic mass is 9.74. The van der Waals surface area contributed by atoms with Gasteiger partial charge in [0.1, 0.15) is 17.4 Å². The molecule has 0 amide bonds. The molecule has 1 aromatic carbocycles. The minimum Gasteiger partial charge on any atom is -0.466 e. The molecule has 1 aromatic heterocycles. The molecular formula is C20H19F3O6. The summed E-state index contributed by atoms with van der Waals surface area (Å²) in [5, 5.41) is 10.6. The summed E-state index contributed by atoms with van der Waals surface area (Å²) < 4.78 is 56.5. The second-order valence-corrected chi connectivity index (χ2v) is 6.84. The van der Waals surface area contributed by atoms with Gasteiger partial charge >= 0.3 is 23.6 Å². The maximum Gasteiger partial charge on any atom is 0.456 e. The highest BCUT2D eigenvalue weighted by molar-refractivity contribution is 5.77. The van der Waals surface area contributed by atoms with E-state index in [1.807, 2.05) is 0 Å².